The van der Waals surface area contributed by atoms with Crippen molar-refractivity contribution >= 4 is 29.1 Å². The summed E-state index contributed by atoms with van der Waals surface area (Å²) in [5.74, 6) is 0.575. The summed E-state index contributed by atoms with van der Waals surface area (Å²) in [7, 11) is 0. The van der Waals surface area contributed by atoms with Crippen LogP contribution in [-0.4, -0.2) is 16.8 Å². The van der Waals surface area contributed by atoms with Gasteiger partial charge >= 0.3 is 0 Å². The minimum atomic E-state index is 0.0397. The highest BCUT2D eigenvalue weighted by molar-refractivity contribution is 6.30. The van der Waals surface area contributed by atoms with Gasteiger partial charge < -0.3 is 10.5 Å². The van der Waals surface area contributed by atoms with Crippen molar-refractivity contribution in [3.63, 3.8) is 0 Å². The molecule has 3 N–H and O–H groups in total. The van der Waals surface area contributed by atoms with Gasteiger partial charge in [-0.2, -0.15) is 15.6 Å². The molecule has 7 heteroatoms. The molecule has 0 bridgehead atoms. The number of benzene rings is 1. The van der Waals surface area contributed by atoms with Gasteiger partial charge in [0.25, 0.3) is 0 Å². The van der Waals surface area contributed by atoms with E-state index in [0.717, 1.165) is 0 Å². The summed E-state index contributed by atoms with van der Waals surface area (Å²) in [6.07, 6.45) is 3.16. The van der Waals surface area contributed by atoms with Crippen molar-refractivity contribution in [1.29, 1.82) is 10.5 Å². The van der Waals surface area contributed by atoms with Gasteiger partial charge in [-0.3, -0.25) is 5.10 Å². The molecule has 0 saturated carbocycles. The number of hydrogen-bond donors (Lipinski definition) is 2. The molecule has 2 rings (SSSR count). The number of nitriles is 2. The minimum absolute atomic E-state index is 0.0397. The van der Waals surface area contributed by atoms with E-state index in [-0.39, 0.29) is 22.6 Å². The van der Waals surface area contributed by atoms with Crippen LogP contribution < -0.4 is 10.5 Å². The van der Waals surface area contributed by atoms with Crippen LogP contribution in [0.3, 0.4) is 0 Å². The molecular formula is C16H12ClN5O. The zero-order valence-electron chi connectivity index (χ0n) is 12.0. The van der Waals surface area contributed by atoms with Crippen molar-refractivity contribution in [2.45, 2.75) is 0 Å². The summed E-state index contributed by atoms with van der Waals surface area (Å²) in [6, 6.07) is 8.97. The van der Waals surface area contributed by atoms with Crippen LogP contribution in [0.25, 0.3) is 11.6 Å². The Morgan fingerprint density at radius 3 is 2.91 bits per heavy atom. The summed E-state index contributed by atoms with van der Waals surface area (Å²) in [4.78, 5) is 0. The van der Waals surface area contributed by atoms with Gasteiger partial charge in [0.15, 0.2) is 5.82 Å². The summed E-state index contributed by atoms with van der Waals surface area (Å²) < 4.78 is 5.54. The highest BCUT2D eigenvalue weighted by atomic mass is 35.5. The molecule has 1 aromatic heterocycles. The molecule has 0 fully saturated rings. The number of aromatic nitrogens is 2. The molecule has 23 heavy (non-hydrogen) atoms. The summed E-state index contributed by atoms with van der Waals surface area (Å²) in [6.45, 7) is 3.90. The monoisotopic (exact) mass is 325 g/mol. The van der Waals surface area contributed by atoms with E-state index in [4.69, 9.17) is 27.3 Å². The fourth-order valence-corrected chi connectivity index (χ4v) is 2.07. The second kappa shape index (κ2) is 7.17. The van der Waals surface area contributed by atoms with Crippen LogP contribution in [0.1, 0.15) is 16.8 Å². The summed E-state index contributed by atoms with van der Waals surface area (Å²) in [5.41, 5.74) is 6.75. The van der Waals surface area contributed by atoms with Crippen molar-refractivity contribution in [1.82, 2.24) is 10.2 Å². The highest BCUT2D eigenvalue weighted by Crippen LogP contribution is 2.29. The molecule has 1 heterocycles. The Morgan fingerprint density at radius 2 is 2.26 bits per heavy atom. The number of anilines is 1. The van der Waals surface area contributed by atoms with Crippen molar-refractivity contribution in [2.24, 2.45) is 0 Å². The molecule has 0 aliphatic heterocycles. The SMILES string of the molecule is C=CCOc1ccc(Cl)cc1C=C(C#N)c1[nH]nc(N)c1C#N. The van der Waals surface area contributed by atoms with E-state index in [1.165, 1.54) is 0 Å². The number of hydrogen-bond acceptors (Lipinski definition) is 5. The van der Waals surface area contributed by atoms with Gasteiger partial charge in [0.2, 0.25) is 0 Å². The number of rotatable bonds is 5. The van der Waals surface area contributed by atoms with Crippen molar-refractivity contribution in [3.05, 3.63) is 52.7 Å². The molecule has 0 atom stereocenters. The van der Waals surface area contributed by atoms with Gasteiger partial charge in [0.05, 0.1) is 11.3 Å². The van der Waals surface area contributed by atoms with E-state index in [1.54, 1.807) is 30.4 Å². The first-order valence-corrected chi connectivity index (χ1v) is 6.87. The first-order valence-electron chi connectivity index (χ1n) is 6.50. The van der Waals surface area contributed by atoms with Crippen molar-refractivity contribution in [3.8, 4) is 17.9 Å². The normalized spacial score (nSPS) is 10.7. The number of nitrogens with zero attached hydrogens (tertiary/aromatic N) is 3. The number of nitrogen functional groups attached to an aromatic ring is 1. The Bertz CT molecular complexity index is 854. The van der Waals surface area contributed by atoms with E-state index in [9.17, 15) is 5.26 Å². The third-order valence-corrected chi connectivity index (χ3v) is 3.16. The first kappa shape index (κ1) is 16.2. The van der Waals surface area contributed by atoms with Crippen LogP contribution in [0.5, 0.6) is 5.75 Å². The van der Waals surface area contributed by atoms with Crippen LogP contribution in [0, 0.1) is 22.7 Å². The van der Waals surface area contributed by atoms with E-state index < -0.39 is 0 Å². The standard InChI is InChI=1S/C16H12ClN5O/c1-2-5-23-14-4-3-12(17)7-10(14)6-11(8-18)15-13(9-19)16(20)22-21-15/h2-4,6-7H,1,5H2,(H3,20,21,22). The number of nitrogens with two attached hydrogens (primary N) is 1. The van der Waals surface area contributed by atoms with E-state index >= 15 is 0 Å². The van der Waals surface area contributed by atoms with E-state index in [2.05, 4.69) is 16.8 Å². The van der Waals surface area contributed by atoms with E-state index in [0.29, 0.717) is 22.9 Å². The molecule has 2 aromatic rings. The van der Waals surface area contributed by atoms with Gasteiger partial charge in [0, 0.05) is 10.6 Å². The Balaban J connectivity index is 2.54. The van der Waals surface area contributed by atoms with Crippen molar-refractivity contribution < 1.29 is 4.74 Å². The Kier molecular flexibility index (Phi) is 5.03. The van der Waals surface area contributed by atoms with Crippen LogP contribution >= 0.6 is 11.6 Å². The predicted octanol–water partition coefficient (Wildman–Crippen LogP) is 3.15. The summed E-state index contributed by atoms with van der Waals surface area (Å²) in [5, 5.41) is 25.4. The molecule has 0 radical (unpaired) electrons. The molecule has 0 aliphatic rings. The quantitative estimate of drug-likeness (QED) is 0.647. The van der Waals surface area contributed by atoms with Gasteiger partial charge in [-0.15, -0.1) is 0 Å². The van der Waals surface area contributed by atoms with Crippen LogP contribution in [-0.2, 0) is 0 Å². The number of nitrogens with one attached hydrogen (secondary N) is 1. The number of H-pyrrole nitrogens is 1. The number of halogens is 1. The Hall–Kier alpha value is -3.22. The molecule has 0 unspecified atom stereocenters. The molecule has 114 valence electrons. The van der Waals surface area contributed by atoms with Gasteiger partial charge in [-0.25, -0.2) is 0 Å². The molecule has 0 aliphatic carbocycles. The van der Waals surface area contributed by atoms with E-state index in [1.807, 2.05) is 12.1 Å². The number of aromatic amines is 1. The largest absolute Gasteiger partial charge is 0.489 e. The molecular weight excluding hydrogens is 314 g/mol. The maximum Gasteiger partial charge on any atom is 0.163 e. The third-order valence-electron chi connectivity index (χ3n) is 2.92. The minimum Gasteiger partial charge on any atom is -0.489 e. The van der Waals surface area contributed by atoms with Crippen LogP contribution in [0.15, 0.2) is 30.9 Å². The fraction of sp³-hybridized carbons (Fsp3) is 0.0625. The zero-order valence-corrected chi connectivity index (χ0v) is 12.8. The fourth-order valence-electron chi connectivity index (χ4n) is 1.89. The lowest BCUT2D eigenvalue weighted by atomic mass is 10.1. The van der Waals surface area contributed by atoms with Gasteiger partial charge in [0.1, 0.15) is 30.1 Å². The average Bonchev–Trinajstić information content (AvgIpc) is 2.92. The summed E-state index contributed by atoms with van der Waals surface area (Å²) >= 11 is 6.01. The number of ether oxygens (including phenoxy) is 1. The van der Waals surface area contributed by atoms with Crippen LogP contribution in [0.4, 0.5) is 5.82 Å². The van der Waals surface area contributed by atoms with Crippen molar-refractivity contribution in [2.75, 3.05) is 12.3 Å². The second-order valence-corrected chi connectivity index (χ2v) is 4.86. The predicted molar refractivity (Wildman–Crippen MR) is 88.3 cm³/mol. The maximum atomic E-state index is 9.40. The topological polar surface area (TPSA) is 112 Å². The maximum absolute atomic E-state index is 9.40. The van der Waals surface area contributed by atoms with Crippen LogP contribution in [0.2, 0.25) is 5.02 Å². The molecule has 0 amide bonds. The van der Waals surface area contributed by atoms with Gasteiger partial charge in [-0.05, 0) is 24.3 Å². The van der Waals surface area contributed by atoms with Gasteiger partial charge in [-0.1, -0.05) is 24.3 Å². The molecule has 1 aromatic carbocycles. The first-order chi connectivity index (χ1) is 11.1. The lowest BCUT2D eigenvalue weighted by Gasteiger charge is -2.08. The average molecular weight is 326 g/mol. The highest BCUT2D eigenvalue weighted by Gasteiger charge is 2.15. The Labute approximate surface area is 138 Å². The lowest BCUT2D eigenvalue weighted by Crippen LogP contribution is -1.95. The number of allylic oxidation sites excluding steroid dienone is 1. The lowest BCUT2D eigenvalue weighted by molar-refractivity contribution is 0.362. The molecule has 0 spiro atoms. The molecule has 0 saturated heterocycles. The Morgan fingerprint density at radius 1 is 1.48 bits per heavy atom. The third kappa shape index (κ3) is 3.52. The zero-order chi connectivity index (χ0) is 16.8. The smallest absolute Gasteiger partial charge is 0.163 e. The molecule has 6 nitrogen and oxygen atoms in total. The second-order valence-electron chi connectivity index (χ2n) is 4.42.